The molecule has 0 aliphatic carbocycles. The molecule has 0 saturated heterocycles. The van der Waals surface area contributed by atoms with E-state index in [1.165, 1.54) is 18.7 Å². The highest BCUT2D eigenvalue weighted by atomic mass is 19.2. The Morgan fingerprint density at radius 2 is 1.98 bits per heavy atom. The van der Waals surface area contributed by atoms with Gasteiger partial charge in [-0.1, -0.05) is 30.4 Å². The molecule has 2 aromatic heterocycles. The summed E-state index contributed by atoms with van der Waals surface area (Å²) in [6.07, 6.45) is 9.04. The molecular weight excluding hydrogens is 520 g/mol. The van der Waals surface area contributed by atoms with Gasteiger partial charge in [0.05, 0.1) is 36.2 Å². The number of benzene rings is 2. The summed E-state index contributed by atoms with van der Waals surface area (Å²) >= 11 is 0. The molecule has 0 saturated carbocycles. The van der Waals surface area contributed by atoms with Gasteiger partial charge in [-0.05, 0) is 35.4 Å². The fourth-order valence-corrected chi connectivity index (χ4v) is 4.21. The molecule has 10 nitrogen and oxygen atoms in total. The van der Waals surface area contributed by atoms with Crippen LogP contribution in [0.3, 0.4) is 0 Å². The first kappa shape index (κ1) is 26.4. The van der Waals surface area contributed by atoms with E-state index in [9.17, 15) is 23.2 Å². The van der Waals surface area contributed by atoms with Crippen LogP contribution in [0.25, 0.3) is 17.7 Å². The Hall–Kier alpha value is -5.23. The number of nitrogens with two attached hydrogens (primary N) is 1. The Kier molecular flexibility index (Phi) is 7.42. The second-order valence-electron chi connectivity index (χ2n) is 8.89. The van der Waals surface area contributed by atoms with Crippen LogP contribution in [0.15, 0.2) is 66.1 Å². The molecule has 0 bridgehead atoms. The molecule has 0 atom stereocenters. The summed E-state index contributed by atoms with van der Waals surface area (Å²) in [7, 11) is 0. The number of H-pyrrole nitrogens is 1. The third kappa shape index (κ3) is 5.47. The van der Waals surface area contributed by atoms with E-state index in [1.807, 2.05) is 12.1 Å². The van der Waals surface area contributed by atoms with Gasteiger partial charge in [-0.3, -0.25) is 19.0 Å². The standard InChI is InChI=1S/C28H23F2N7O3/c29-21-6-4-17(8-22(21)30)13-37-15-32-12-20(28(37)40)26(38)33-7-1-2-16-3-5-18-19(27(39)36-23(18)9-16)10-24-25(11-31)35-14-34-24/h1-6,8-10,12,14-15H,7,11,13,31H2,(H,33,38)(H,34,35)(H,36,39)/b2-1+,19-10-. The van der Waals surface area contributed by atoms with Crippen molar-refractivity contribution >= 4 is 35.2 Å². The molecule has 40 heavy (non-hydrogen) atoms. The molecule has 202 valence electrons. The van der Waals surface area contributed by atoms with E-state index in [0.717, 1.165) is 39.7 Å². The first-order chi connectivity index (χ1) is 19.3. The highest BCUT2D eigenvalue weighted by Crippen LogP contribution is 2.34. The predicted octanol–water partition coefficient (Wildman–Crippen LogP) is 2.69. The van der Waals surface area contributed by atoms with Crippen LogP contribution in [0.1, 0.15) is 38.4 Å². The number of carbonyl (C=O) groups is 2. The molecule has 0 radical (unpaired) electrons. The van der Waals surface area contributed by atoms with Gasteiger partial charge in [0, 0.05) is 30.5 Å². The van der Waals surface area contributed by atoms with E-state index in [2.05, 4.69) is 25.6 Å². The monoisotopic (exact) mass is 543 g/mol. The van der Waals surface area contributed by atoms with Crippen molar-refractivity contribution < 1.29 is 18.4 Å². The first-order valence-corrected chi connectivity index (χ1v) is 12.2. The summed E-state index contributed by atoms with van der Waals surface area (Å²) in [4.78, 5) is 49.0. The second-order valence-corrected chi connectivity index (χ2v) is 8.89. The van der Waals surface area contributed by atoms with Gasteiger partial charge in [-0.15, -0.1) is 0 Å². The number of hydrogen-bond donors (Lipinski definition) is 4. The smallest absolute Gasteiger partial charge is 0.266 e. The Balaban J connectivity index is 1.23. The second kappa shape index (κ2) is 11.3. The van der Waals surface area contributed by atoms with E-state index >= 15 is 0 Å². The molecule has 2 aromatic carbocycles. The minimum absolute atomic E-state index is 0.0777. The topological polar surface area (TPSA) is 148 Å². The summed E-state index contributed by atoms with van der Waals surface area (Å²) in [5, 5.41) is 5.47. The molecule has 1 aliphatic heterocycles. The average molecular weight is 544 g/mol. The van der Waals surface area contributed by atoms with Crippen molar-refractivity contribution in [3.63, 3.8) is 0 Å². The summed E-state index contributed by atoms with van der Waals surface area (Å²) in [6, 6.07) is 8.75. The van der Waals surface area contributed by atoms with Gasteiger partial charge in [0.15, 0.2) is 11.6 Å². The number of fused-ring (bicyclic) bond motifs is 1. The zero-order valence-corrected chi connectivity index (χ0v) is 20.9. The number of imidazole rings is 1. The molecular formula is C28H23F2N7O3. The molecule has 0 spiro atoms. The van der Waals surface area contributed by atoms with Crippen LogP contribution in [0, 0.1) is 11.6 Å². The van der Waals surface area contributed by atoms with Crippen LogP contribution < -0.4 is 21.9 Å². The fraction of sp³-hybridized carbons (Fsp3) is 0.107. The number of nitrogens with one attached hydrogen (secondary N) is 3. The summed E-state index contributed by atoms with van der Waals surface area (Å²) in [5.74, 6) is -2.90. The number of halogens is 2. The third-order valence-electron chi connectivity index (χ3n) is 6.24. The molecule has 5 rings (SSSR count). The molecule has 3 heterocycles. The number of amides is 2. The zero-order valence-electron chi connectivity index (χ0n) is 20.9. The lowest BCUT2D eigenvalue weighted by Crippen LogP contribution is -2.33. The summed E-state index contributed by atoms with van der Waals surface area (Å²) in [6.45, 7) is 0.305. The van der Waals surface area contributed by atoms with Gasteiger partial charge in [-0.25, -0.2) is 18.7 Å². The van der Waals surface area contributed by atoms with E-state index in [1.54, 1.807) is 24.3 Å². The average Bonchev–Trinajstić information content (AvgIpc) is 3.53. The van der Waals surface area contributed by atoms with Crippen molar-refractivity contribution in [1.82, 2.24) is 24.8 Å². The lowest BCUT2D eigenvalue weighted by Gasteiger charge is -2.08. The van der Waals surface area contributed by atoms with Gasteiger partial charge in [0.1, 0.15) is 5.56 Å². The van der Waals surface area contributed by atoms with Crippen LogP contribution in [-0.4, -0.2) is 37.9 Å². The van der Waals surface area contributed by atoms with Gasteiger partial charge < -0.3 is 21.4 Å². The maximum absolute atomic E-state index is 13.5. The Morgan fingerprint density at radius 1 is 1.12 bits per heavy atom. The van der Waals surface area contributed by atoms with Crippen molar-refractivity contribution in [2.24, 2.45) is 5.73 Å². The van der Waals surface area contributed by atoms with Gasteiger partial charge >= 0.3 is 0 Å². The van der Waals surface area contributed by atoms with Gasteiger partial charge in [0.2, 0.25) is 0 Å². The Bertz CT molecular complexity index is 1740. The van der Waals surface area contributed by atoms with Crippen molar-refractivity contribution in [3.8, 4) is 0 Å². The number of rotatable bonds is 8. The lowest BCUT2D eigenvalue weighted by atomic mass is 10.0. The molecule has 0 unspecified atom stereocenters. The third-order valence-corrected chi connectivity index (χ3v) is 6.24. The maximum Gasteiger partial charge on any atom is 0.266 e. The first-order valence-electron chi connectivity index (χ1n) is 12.2. The van der Waals surface area contributed by atoms with E-state index in [4.69, 9.17) is 5.73 Å². The van der Waals surface area contributed by atoms with Crippen molar-refractivity contribution in [2.75, 3.05) is 11.9 Å². The number of aromatic nitrogens is 4. The van der Waals surface area contributed by atoms with E-state index in [0.29, 0.717) is 22.5 Å². The number of hydrogen-bond acceptors (Lipinski definition) is 6. The predicted molar refractivity (Wildman–Crippen MR) is 145 cm³/mol. The van der Waals surface area contributed by atoms with Crippen LogP contribution in [0.2, 0.25) is 0 Å². The molecule has 5 N–H and O–H groups in total. The summed E-state index contributed by atoms with van der Waals surface area (Å²) in [5.41, 5.74) is 9.21. The summed E-state index contributed by atoms with van der Waals surface area (Å²) < 4.78 is 27.8. The molecule has 0 fully saturated rings. The Labute approximate surface area is 226 Å². The van der Waals surface area contributed by atoms with Gasteiger partial charge in [-0.2, -0.15) is 0 Å². The lowest BCUT2D eigenvalue weighted by molar-refractivity contribution is -0.110. The SMILES string of the molecule is NCc1[nH]cnc1/C=C1\C(=O)Nc2cc(/C=C/CNC(=O)c3cncn(Cc4ccc(F)c(F)c4)c3=O)ccc21. The molecule has 4 aromatic rings. The number of nitrogens with zero attached hydrogens (tertiary/aromatic N) is 3. The van der Waals surface area contributed by atoms with E-state index in [-0.39, 0.29) is 31.1 Å². The number of carbonyl (C=O) groups excluding carboxylic acids is 2. The zero-order chi connectivity index (χ0) is 28.2. The number of anilines is 1. The van der Waals surface area contributed by atoms with E-state index < -0.39 is 23.1 Å². The van der Waals surface area contributed by atoms with Gasteiger partial charge in [0.25, 0.3) is 17.4 Å². The largest absolute Gasteiger partial charge is 0.348 e. The Morgan fingerprint density at radius 3 is 2.77 bits per heavy atom. The van der Waals surface area contributed by atoms with Crippen molar-refractivity contribution in [3.05, 3.63) is 117 Å². The van der Waals surface area contributed by atoms with Crippen LogP contribution >= 0.6 is 0 Å². The molecule has 12 heteroatoms. The minimum atomic E-state index is -1.03. The molecule has 1 aliphatic rings. The maximum atomic E-state index is 13.5. The van der Waals surface area contributed by atoms with Crippen molar-refractivity contribution in [1.29, 1.82) is 0 Å². The fourth-order valence-electron chi connectivity index (χ4n) is 4.21. The van der Waals surface area contributed by atoms with Crippen molar-refractivity contribution in [2.45, 2.75) is 13.1 Å². The van der Waals surface area contributed by atoms with Crippen LogP contribution in [0.4, 0.5) is 14.5 Å². The number of aromatic amines is 1. The molecule has 2 amide bonds. The highest BCUT2D eigenvalue weighted by molar-refractivity contribution is 6.34. The quantitative estimate of drug-likeness (QED) is 0.251. The van der Waals surface area contributed by atoms with Crippen LogP contribution in [0.5, 0.6) is 0 Å². The normalized spacial score (nSPS) is 13.6. The minimum Gasteiger partial charge on any atom is -0.348 e. The van der Waals surface area contributed by atoms with Crippen LogP contribution in [-0.2, 0) is 17.9 Å². The highest BCUT2D eigenvalue weighted by Gasteiger charge is 2.24.